The van der Waals surface area contributed by atoms with Crippen molar-refractivity contribution < 1.29 is 22.7 Å². The van der Waals surface area contributed by atoms with Gasteiger partial charge >= 0.3 is 5.97 Å². The smallest absolute Gasteiger partial charge is 0.311 e. The molecule has 0 unspecified atom stereocenters. The molecule has 26 heavy (non-hydrogen) atoms. The number of ether oxygens (including phenoxy) is 1. The molecule has 0 aliphatic carbocycles. The summed E-state index contributed by atoms with van der Waals surface area (Å²) in [5.41, 5.74) is 0.884. The van der Waals surface area contributed by atoms with E-state index in [-0.39, 0.29) is 11.3 Å². The van der Waals surface area contributed by atoms with E-state index in [1.807, 2.05) is 17.5 Å². The minimum absolute atomic E-state index is 0.106. The van der Waals surface area contributed by atoms with Crippen LogP contribution < -0.4 is 5.32 Å². The maximum absolute atomic E-state index is 12.3. The third-order valence-corrected chi connectivity index (χ3v) is 6.33. The van der Waals surface area contributed by atoms with Gasteiger partial charge in [-0.25, -0.2) is 12.7 Å². The first kappa shape index (κ1) is 20.1. The zero-order valence-corrected chi connectivity index (χ0v) is 16.3. The molecular formula is C17H20N2O5S2. The Hall–Kier alpha value is -2.23. The molecule has 0 bridgehead atoms. The van der Waals surface area contributed by atoms with Gasteiger partial charge in [0, 0.05) is 24.7 Å². The summed E-state index contributed by atoms with van der Waals surface area (Å²) in [5, 5.41) is 4.39. The zero-order chi connectivity index (χ0) is 19.3. The molecule has 1 aromatic heterocycles. The van der Waals surface area contributed by atoms with Crippen LogP contribution in [0, 0.1) is 6.92 Å². The van der Waals surface area contributed by atoms with Gasteiger partial charge in [-0.15, -0.1) is 11.3 Å². The van der Waals surface area contributed by atoms with Crippen molar-refractivity contribution in [3.05, 3.63) is 46.2 Å². The minimum atomic E-state index is -3.62. The van der Waals surface area contributed by atoms with Crippen LogP contribution in [0.5, 0.6) is 0 Å². The van der Waals surface area contributed by atoms with Crippen LogP contribution in [0.25, 0.3) is 0 Å². The van der Waals surface area contributed by atoms with Crippen molar-refractivity contribution >= 4 is 38.9 Å². The fourth-order valence-electron chi connectivity index (χ4n) is 2.10. The van der Waals surface area contributed by atoms with E-state index in [0.29, 0.717) is 11.3 Å². The Bertz CT molecular complexity index is 890. The molecule has 140 valence electrons. The molecule has 9 heteroatoms. The first-order valence-corrected chi connectivity index (χ1v) is 10.0. The summed E-state index contributed by atoms with van der Waals surface area (Å²) < 4.78 is 30.6. The second kappa shape index (κ2) is 8.43. The van der Waals surface area contributed by atoms with Gasteiger partial charge in [-0.3, -0.25) is 9.59 Å². The zero-order valence-electron chi connectivity index (χ0n) is 14.7. The molecule has 0 aliphatic heterocycles. The van der Waals surface area contributed by atoms with Crippen LogP contribution >= 0.6 is 11.3 Å². The van der Waals surface area contributed by atoms with E-state index >= 15 is 0 Å². The lowest BCUT2D eigenvalue weighted by Gasteiger charge is -2.15. The molecule has 1 aromatic carbocycles. The van der Waals surface area contributed by atoms with Crippen LogP contribution in [0.3, 0.4) is 0 Å². The molecule has 0 spiro atoms. The van der Waals surface area contributed by atoms with Gasteiger partial charge < -0.3 is 10.1 Å². The summed E-state index contributed by atoms with van der Waals surface area (Å²) in [7, 11) is -0.748. The number of anilines is 1. The minimum Gasteiger partial charge on any atom is -0.455 e. The van der Waals surface area contributed by atoms with Gasteiger partial charge in [0.05, 0.1) is 11.3 Å². The van der Waals surface area contributed by atoms with Crippen molar-refractivity contribution in [2.24, 2.45) is 0 Å². The summed E-state index contributed by atoms with van der Waals surface area (Å²) in [6.07, 6.45) is 0.112. The third kappa shape index (κ3) is 5.13. The summed E-state index contributed by atoms with van der Waals surface area (Å²) in [5.74, 6) is -1.04. The fourth-order valence-corrected chi connectivity index (χ4v) is 3.94. The number of carbonyl (C=O) groups excluding carboxylic acids is 2. The number of sulfonamides is 1. The number of hydrogen-bond acceptors (Lipinski definition) is 6. The van der Waals surface area contributed by atoms with E-state index in [1.165, 1.54) is 31.5 Å². The molecule has 0 fully saturated rings. The predicted octanol–water partition coefficient (Wildman–Crippen LogP) is 2.03. The summed E-state index contributed by atoms with van der Waals surface area (Å²) in [4.78, 5) is 24.6. The first-order chi connectivity index (χ1) is 12.2. The van der Waals surface area contributed by atoms with E-state index < -0.39 is 28.5 Å². The third-order valence-electron chi connectivity index (χ3n) is 3.49. The van der Waals surface area contributed by atoms with Crippen LogP contribution in [0.2, 0.25) is 0 Å². The average molecular weight is 396 g/mol. The molecular weight excluding hydrogens is 376 g/mol. The largest absolute Gasteiger partial charge is 0.455 e. The molecule has 0 saturated carbocycles. The molecule has 0 aliphatic rings. The summed E-state index contributed by atoms with van der Waals surface area (Å²) >= 11 is 1.43. The number of hydrogen-bond donors (Lipinski definition) is 1. The molecule has 0 radical (unpaired) electrons. The van der Waals surface area contributed by atoms with Crippen LogP contribution in [-0.2, 0) is 30.8 Å². The van der Waals surface area contributed by atoms with Gasteiger partial charge in [-0.1, -0.05) is 12.1 Å². The van der Waals surface area contributed by atoms with Crippen molar-refractivity contribution in [2.45, 2.75) is 18.2 Å². The molecule has 0 atom stereocenters. The molecule has 1 N–H and O–H groups in total. The number of esters is 1. The fraction of sp³-hybridized carbons (Fsp3) is 0.294. The molecule has 2 aromatic rings. The molecule has 0 saturated heterocycles. The van der Waals surface area contributed by atoms with Gasteiger partial charge in [0.25, 0.3) is 5.91 Å². The number of benzene rings is 1. The van der Waals surface area contributed by atoms with Crippen molar-refractivity contribution in [2.75, 3.05) is 26.0 Å². The highest BCUT2D eigenvalue weighted by Gasteiger charge is 2.20. The van der Waals surface area contributed by atoms with Gasteiger partial charge in [0.1, 0.15) is 0 Å². The van der Waals surface area contributed by atoms with Crippen LogP contribution in [0.1, 0.15) is 10.4 Å². The van der Waals surface area contributed by atoms with Gasteiger partial charge in [-0.05, 0) is 36.1 Å². The van der Waals surface area contributed by atoms with E-state index in [9.17, 15) is 18.0 Å². The van der Waals surface area contributed by atoms with Crippen molar-refractivity contribution in [1.82, 2.24) is 4.31 Å². The Labute approximate surface area is 156 Å². The Kier molecular flexibility index (Phi) is 6.52. The van der Waals surface area contributed by atoms with E-state index in [1.54, 1.807) is 19.1 Å². The van der Waals surface area contributed by atoms with E-state index in [0.717, 1.165) is 9.18 Å². The maximum atomic E-state index is 12.3. The van der Waals surface area contributed by atoms with E-state index in [4.69, 9.17) is 4.74 Å². The maximum Gasteiger partial charge on any atom is 0.311 e. The second-order valence-electron chi connectivity index (χ2n) is 5.73. The number of amides is 1. The lowest BCUT2D eigenvalue weighted by atomic mass is 10.2. The van der Waals surface area contributed by atoms with Gasteiger partial charge in [0.15, 0.2) is 6.61 Å². The molecule has 2 rings (SSSR count). The van der Waals surface area contributed by atoms with Crippen LogP contribution in [0.4, 0.5) is 5.69 Å². The lowest BCUT2D eigenvalue weighted by Crippen LogP contribution is -2.24. The standard InChI is InChI=1S/C17H20N2O5S2/c1-12-6-7-13(9-15(12)26(22,23)19(2)3)18-16(20)11-24-17(21)10-14-5-4-8-25-14/h4-9H,10-11H2,1-3H3,(H,18,20). The Morgan fingerprint density at radius 3 is 2.58 bits per heavy atom. The summed E-state index contributed by atoms with van der Waals surface area (Å²) in [6.45, 7) is 1.24. The highest BCUT2D eigenvalue weighted by molar-refractivity contribution is 7.89. The van der Waals surface area contributed by atoms with Crippen LogP contribution in [0.15, 0.2) is 40.6 Å². The topological polar surface area (TPSA) is 92.8 Å². The predicted molar refractivity (Wildman–Crippen MR) is 99.7 cm³/mol. The lowest BCUT2D eigenvalue weighted by molar-refractivity contribution is -0.146. The Morgan fingerprint density at radius 2 is 1.96 bits per heavy atom. The Balaban J connectivity index is 1.98. The number of thiophene rings is 1. The van der Waals surface area contributed by atoms with Gasteiger partial charge in [-0.2, -0.15) is 0 Å². The van der Waals surface area contributed by atoms with Crippen molar-refractivity contribution in [3.8, 4) is 0 Å². The number of nitrogens with one attached hydrogen (secondary N) is 1. The van der Waals surface area contributed by atoms with E-state index in [2.05, 4.69) is 5.32 Å². The highest BCUT2D eigenvalue weighted by Crippen LogP contribution is 2.22. The number of aryl methyl sites for hydroxylation is 1. The highest BCUT2D eigenvalue weighted by atomic mass is 32.2. The SMILES string of the molecule is Cc1ccc(NC(=O)COC(=O)Cc2cccs2)cc1S(=O)(=O)N(C)C. The quantitative estimate of drug-likeness (QED) is 0.723. The normalized spacial score (nSPS) is 11.4. The molecule has 7 nitrogen and oxygen atoms in total. The number of carbonyl (C=O) groups is 2. The van der Waals surface area contributed by atoms with Crippen molar-refractivity contribution in [1.29, 1.82) is 0 Å². The number of rotatable bonds is 7. The monoisotopic (exact) mass is 396 g/mol. The first-order valence-electron chi connectivity index (χ1n) is 7.71. The molecule has 1 heterocycles. The Morgan fingerprint density at radius 1 is 1.23 bits per heavy atom. The summed E-state index contributed by atoms with van der Waals surface area (Å²) in [6, 6.07) is 8.22. The average Bonchev–Trinajstić information content (AvgIpc) is 3.07. The number of nitrogens with zero attached hydrogens (tertiary/aromatic N) is 1. The molecule has 1 amide bonds. The van der Waals surface area contributed by atoms with Crippen molar-refractivity contribution in [3.63, 3.8) is 0 Å². The van der Waals surface area contributed by atoms with Gasteiger partial charge in [0.2, 0.25) is 10.0 Å². The van der Waals surface area contributed by atoms with Crippen LogP contribution in [-0.4, -0.2) is 45.3 Å². The second-order valence-corrected chi connectivity index (χ2v) is 8.89.